The van der Waals surface area contributed by atoms with Crippen molar-refractivity contribution < 1.29 is 20.1 Å². The predicted octanol–water partition coefficient (Wildman–Crippen LogP) is 0.0661. The molecule has 0 amide bonds. The van der Waals surface area contributed by atoms with Crippen LogP contribution in [0.15, 0.2) is 28.1 Å². The molecule has 0 radical (unpaired) electrons. The number of nitrogens with one attached hydrogen (secondary N) is 2. The van der Waals surface area contributed by atoms with Gasteiger partial charge in [-0.3, -0.25) is 14.3 Å². The summed E-state index contributed by atoms with van der Waals surface area (Å²) in [6.45, 7) is -0.534. The Labute approximate surface area is 183 Å². The molecule has 4 atom stereocenters. The maximum atomic E-state index is 12.3. The zero-order chi connectivity index (χ0) is 22.3. The van der Waals surface area contributed by atoms with E-state index in [9.17, 15) is 20.1 Å². The molecule has 31 heavy (non-hydrogen) atoms. The van der Waals surface area contributed by atoms with Crippen molar-refractivity contribution in [3.05, 3.63) is 44.2 Å². The monoisotopic (exact) mass is 469 g/mol. The van der Waals surface area contributed by atoms with Crippen LogP contribution in [0.25, 0.3) is 11.2 Å². The first kappa shape index (κ1) is 21.5. The molecule has 4 rings (SSSR count). The van der Waals surface area contributed by atoms with Gasteiger partial charge < -0.3 is 25.8 Å². The molecule has 14 heteroatoms. The SMILES string of the molecule is Nc1nc2c(nc(N/N=C\c3ccc(Cl)cc3Cl)n2[C@@H]2O[C@@H](CO)[C@@H](O)[C@@H]2O)c(=O)[nH]1. The third-order valence-electron chi connectivity index (χ3n) is 4.67. The minimum atomic E-state index is -1.45. The van der Waals surface area contributed by atoms with Gasteiger partial charge in [-0.25, -0.2) is 10.4 Å². The third kappa shape index (κ3) is 3.96. The van der Waals surface area contributed by atoms with E-state index in [0.717, 1.165) is 0 Å². The average molecular weight is 470 g/mol. The molecule has 0 bridgehead atoms. The van der Waals surface area contributed by atoms with E-state index in [2.05, 4.69) is 25.5 Å². The van der Waals surface area contributed by atoms with Crippen molar-refractivity contribution in [2.75, 3.05) is 17.8 Å². The Morgan fingerprint density at radius 3 is 2.77 bits per heavy atom. The number of nitrogens with zero attached hydrogens (tertiary/aromatic N) is 4. The van der Waals surface area contributed by atoms with E-state index in [4.69, 9.17) is 33.7 Å². The number of H-pyrrole nitrogens is 1. The van der Waals surface area contributed by atoms with Gasteiger partial charge in [-0.05, 0) is 12.1 Å². The number of halogens is 2. The second-order valence-corrected chi connectivity index (χ2v) is 7.54. The standard InChI is InChI=1S/C17H17Cl2N7O5/c18-7-2-1-6(8(19)3-7)4-21-25-17-22-10-13(23-16(20)24-14(10)30)26(17)15-12(29)11(28)9(5-27)31-15/h1-4,9,11-12,15,27-29H,5H2,(H,22,25)(H3,20,23,24,30)/b21-4-/t9-,11+,12-,15+/m0/s1. The topological polar surface area (TPSA) is 184 Å². The largest absolute Gasteiger partial charge is 0.394 e. The maximum Gasteiger partial charge on any atom is 0.280 e. The third-order valence-corrected chi connectivity index (χ3v) is 5.23. The molecular weight excluding hydrogens is 453 g/mol. The number of nitrogen functional groups attached to an aromatic ring is 1. The van der Waals surface area contributed by atoms with Gasteiger partial charge in [-0.15, -0.1) is 0 Å². The van der Waals surface area contributed by atoms with Crippen molar-refractivity contribution in [1.29, 1.82) is 0 Å². The number of anilines is 2. The van der Waals surface area contributed by atoms with E-state index < -0.39 is 36.7 Å². The summed E-state index contributed by atoms with van der Waals surface area (Å²) in [7, 11) is 0. The maximum absolute atomic E-state index is 12.3. The van der Waals surface area contributed by atoms with Crippen molar-refractivity contribution in [3.8, 4) is 0 Å². The average Bonchev–Trinajstić information content (AvgIpc) is 3.21. The lowest BCUT2D eigenvalue weighted by molar-refractivity contribution is -0.0501. The highest BCUT2D eigenvalue weighted by Crippen LogP contribution is 2.34. The summed E-state index contributed by atoms with van der Waals surface area (Å²) in [6.07, 6.45) is -3.72. The predicted molar refractivity (Wildman–Crippen MR) is 113 cm³/mol. The van der Waals surface area contributed by atoms with E-state index in [1.54, 1.807) is 18.2 Å². The Hall–Kier alpha value is -2.74. The number of imidazole rings is 1. The summed E-state index contributed by atoms with van der Waals surface area (Å²) in [5, 5.41) is 34.8. The highest BCUT2D eigenvalue weighted by atomic mass is 35.5. The summed E-state index contributed by atoms with van der Waals surface area (Å²) in [5.74, 6) is -0.219. The van der Waals surface area contributed by atoms with Gasteiger partial charge in [0, 0.05) is 10.6 Å². The number of benzene rings is 1. The van der Waals surface area contributed by atoms with Crippen LogP contribution in [0.3, 0.4) is 0 Å². The molecule has 1 aliphatic heterocycles. The molecule has 164 valence electrons. The molecule has 3 aromatic rings. The molecule has 0 spiro atoms. The van der Waals surface area contributed by atoms with Gasteiger partial charge in [0.15, 0.2) is 17.4 Å². The van der Waals surface area contributed by atoms with Crippen molar-refractivity contribution in [3.63, 3.8) is 0 Å². The lowest BCUT2D eigenvalue weighted by Gasteiger charge is -2.18. The number of ether oxygens (including phenoxy) is 1. The van der Waals surface area contributed by atoms with Gasteiger partial charge in [-0.2, -0.15) is 10.1 Å². The van der Waals surface area contributed by atoms with Crippen LogP contribution in [0, 0.1) is 0 Å². The van der Waals surface area contributed by atoms with Gasteiger partial charge in [0.1, 0.15) is 18.3 Å². The molecule has 12 nitrogen and oxygen atoms in total. The van der Waals surface area contributed by atoms with E-state index in [0.29, 0.717) is 15.6 Å². The minimum Gasteiger partial charge on any atom is -0.394 e. The van der Waals surface area contributed by atoms with Crippen LogP contribution >= 0.6 is 23.2 Å². The molecule has 1 aromatic carbocycles. The number of hydrazone groups is 1. The number of hydrogen-bond acceptors (Lipinski definition) is 10. The molecule has 3 heterocycles. The van der Waals surface area contributed by atoms with Crippen LogP contribution in [0.4, 0.5) is 11.9 Å². The van der Waals surface area contributed by atoms with Gasteiger partial charge in [-0.1, -0.05) is 29.3 Å². The van der Waals surface area contributed by atoms with E-state index in [1.165, 1.54) is 10.8 Å². The first-order chi connectivity index (χ1) is 14.8. The normalized spacial score (nSPS) is 23.8. The van der Waals surface area contributed by atoms with Crippen LogP contribution in [-0.2, 0) is 4.74 Å². The molecule has 7 N–H and O–H groups in total. The fraction of sp³-hybridized carbons (Fsp3) is 0.294. The van der Waals surface area contributed by atoms with Crippen molar-refractivity contribution in [2.24, 2.45) is 5.10 Å². The van der Waals surface area contributed by atoms with Gasteiger partial charge in [0.05, 0.1) is 17.8 Å². The molecule has 1 fully saturated rings. The molecule has 0 saturated carbocycles. The van der Waals surface area contributed by atoms with Gasteiger partial charge >= 0.3 is 0 Å². The van der Waals surface area contributed by atoms with E-state index >= 15 is 0 Å². The first-order valence-electron chi connectivity index (χ1n) is 8.94. The van der Waals surface area contributed by atoms with Crippen molar-refractivity contribution >= 4 is 52.5 Å². The van der Waals surface area contributed by atoms with Crippen molar-refractivity contribution in [2.45, 2.75) is 24.5 Å². The Morgan fingerprint density at radius 2 is 2.10 bits per heavy atom. The Morgan fingerprint density at radius 1 is 1.32 bits per heavy atom. The number of nitrogens with two attached hydrogens (primary N) is 1. The highest BCUT2D eigenvalue weighted by molar-refractivity contribution is 6.36. The van der Waals surface area contributed by atoms with E-state index in [-0.39, 0.29) is 23.1 Å². The number of aromatic amines is 1. The zero-order valence-corrected chi connectivity index (χ0v) is 17.1. The summed E-state index contributed by atoms with van der Waals surface area (Å²) >= 11 is 12.0. The van der Waals surface area contributed by atoms with Crippen LogP contribution in [0.5, 0.6) is 0 Å². The minimum absolute atomic E-state index is 0.0154. The number of aromatic nitrogens is 4. The van der Waals surface area contributed by atoms with Crippen LogP contribution < -0.4 is 16.7 Å². The van der Waals surface area contributed by atoms with Crippen LogP contribution in [0.2, 0.25) is 10.0 Å². The van der Waals surface area contributed by atoms with Crippen LogP contribution in [-0.4, -0.2) is 66.0 Å². The Bertz CT molecular complexity index is 1210. The summed E-state index contributed by atoms with van der Waals surface area (Å²) in [4.78, 5) is 22.8. The lowest BCUT2D eigenvalue weighted by Crippen LogP contribution is -2.33. The number of hydrogen-bond donors (Lipinski definition) is 6. The summed E-state index contributed by atoms with van der Waals surface area (Å²) in [6, 6.07) is 4.83. The zero-order valence-electron chi connectivity index (χ0n) is 15.6. The van der Waals surface area contributed by atoms with Crippen molar-refractivity contribution in [1.82, 2.24) is 19.5 Å². The first-order valence-corrected chi connectivity index (χ1v) is 9.70. The summed E-state index contributed by atoms with van der Waals surface area (Å²) in [5.41, 5.74) is 8.10. The quantitative estimate of drug-likeness (QED) is 0.222. The molecule has 0 aliphatic carbocycles. The fourth-order valence-corrected chi connectivity index (χ4v) is 3.64. The molecule has 0 unspecified atom stereocenters. The Balaban J connectivity index is 1.76. The van der Waals surface area contributed by atoms with Gasteiger partial charge in [0.2, 0.25) is 11.9 Å². The highest BCUT2D eigenvalue weighted by Gasteiger charge is 2.45. The molecular formula is C17H17Cl2N7O5. The van der Waals surface area contributed by atoms with Gasteiger partial charge in [0.25, 0.3) is 5.56 Å². The lowest BCUT2D eigenvalue weighted by atomic mass is 10.1. The number of aliphatic hydroxyl groups excluding tert-OH is 3. The second kappa shape index (κ2) is 8.42. The number of aliphatic hydroxyl groups is 3. The van der Waals surface area contributed by atoms with E-state index in [1.807, 2.05) is 0 Å². The number of rotatable bonds is 5. The smallest absolute Gasteiger partial charge is 0.280 e. The molecule has 2 aromatic heterocycles. The Kier molecular flexibility index (Phi) is 5.83. The fourth-order valence-electron chi connectivity index (χ4n) is 3.18. The van der Waals surface area contributed by atoms with Crippen LogP contribution in [0.1, 0.15) is 11.8 Å². The summed E-state index contributed by atoms with van der Waals surface area (Å²) < 4.78 is 6.78. The second-order valence-electron chi connectivity index (χ2n) is 6.69. The molecule has 1 aliphatic rings. The molecule has 1 saturated heterocycles. The number of fused-ring (bicyclic) bond motifs is 1.